The maximum absolute atomic E-state index is 4.31. The van der Waals surface area contributed by atoms with Crippen molar-refractivity contribution in [3.8, 4) is 11.4 Å². The quantitative estimate of drug-likeness (QED) is 0.747. The molecule has 19 heavy (non-hydrogen) atoms. The molecule has 5 nitrogen and oxygen atoms in total. The molecule has 0 saturated carbocycles. The highest BCUT2D eigenvalue weighted by Crippen LogP contribution is 2.23. The fraction of sp³-hybridized carbons (Fsp3) is 0.0714. The number of aromatic nitrogens is 4. The first kappa shape index (κ1) is 11.4. The Morgan fingerprint density at radius 3 is 2.84 bits per heavy atom. The van der Waals surface area contributed by atoms with E-state index in [0.29, 0.717) is 6.54 Å². The van der Waals surface area contributed by atoms with Crippen LogP contribution >= 0.6 is 0 Å². The van der Waals surface area contributed by atoms with Gasteiger partial charge >= 0.3 is 0 Å². The predicted molar refractivity (Wildman–Crippen MR) is 73.4 cm³/mol. The Kier molecular flexibility index (Phi) is 3.18. The summed E-state index contributed by atoms with van der Waals surface area (Å²) in [5.74, 6) is 0. The third-order valence-electron chi connectivity index (χ3n) is 2.77. The minimum absolute atomic E-state index is 0.702. The lowest BCUT2D eigenvalue weighted by atomic mass is 10.2. The van der Waals surface area contributed by atoms with Crippen LogP contribution in [0.1, 0.15) is 5.56 Å². The minimum atomic E-state index is 0.702. The number of anilines is 1. The zero-order valence-electron chi connectivity index (χ0n) is 10.2. The molecule has 0 atom stereocenters. The maximum atomic E-state index is 4.31. The van der Waals surface area contributed by atoms with Crippen molar-refractivity contribution in [3.63, 3.8) is 0 Å². The average Bonchev–Trinajstić information content (AvgIpc) is 2.95. The summed E-state index contributed by atoms with van der Waals surface area (Å²) in [5, 5.41) is 10.4. The standard InChI is InChI=1S/C14H13N5/c1-2-7-16-12(5-1)14-13(10-18-19-14)17-9-11-4-3-6-15-8-11/h1-8,10,17H,9H2,(H,18,19). The van der Waals surface area contributed by atoms with Crippen LogP contribution in [0.15, 0.2) is 55.1 Å². The Labute approximate surface area is 110 Å². The zero-order chi connectivity index (χ0) is 12.9. The van der Waals surface area contributed by atoms with Crippen LogP contribution in [0.25, 0.3) is 11.4 Å². The van der Waals surface area contributed by atoms with Crippen molar-refractivity contribution < 1.29 is 0 Å². The molecule has 0 amide bonds. The van der Waals surface area contributed by atoms with Crippen LogP contribution in [0.2, 0.25) is 0 Å². The van der Waals surface area contributed by atoms with Crippen molar-refractivity contribution in [3.05, 3.63) is 60.7 Å². The fourth-order valence-electron chi connectivity index (χ4n) is 1.83. The third kappa shape index (κ3) is 2.60. The van der Waals surface area contributed by atoms with Crippen molar-refractivity contribution >= 4 is 5.69 Å². The fourth-order valence-corrected chi connectivity index (χ4v) is 1.83. The summed E-state index contributed by atoms with van der Waals surface area (Å²) >= 11 is 0. The first-order valence-electron chi connectivity index (χ1n) is 6.01. The van der Waals surface area contributed by atoms with E-state index in [1.165, 1.54) is 0 Å². The minimum Gasteiger partial charge on any atom is -0.378 e. The SMILES string of the molecule is c1ccc(-c2[nH]ncc2NCc2cccnc2)nc1. The second-order valence-electron chi connectivity index (χ2n) is 4.09. The van der Waals surface area contributed by atoms with Gasteiger partial charge in [-0.25, -0.2) is 0 Å². The Morgan fingerprint density at radius 2 is 2.05 bits per heavy atom. The number of H-pyrrole nitrogens is 1. The van der Waals surface area contributed by atoms with Gasteiger partial charge in [-0.05, 0) is 23.8 Å². The van der Waals surface area contributed by atoms with Crippen LogP contribution in [-0.2, 0) is 6.54 Å². The largest absolute Gasteiger partial charge is 0.378 e. The van der Waals surface area contributed by atoms with Gasteiger partial charge in [0.25, 0.3) is 0 Å². The van der Waals surface area contributed by atoms with E-state index in [4.69, 9.17) is 0 Å². The summed E-state index contributed by atoms with van der Waals surface area (Å²) in [4.78, 5) is 8.40. The van der Waals surface area contributed by atoms with E-state index < -0.39 is 0 Å². The average molecular weight is 251 g/mol. The molecule has 0 aromatic carbocycles. The number of rotatable bonds is 4. The molecule has 3 heterocycles. The molecule has 0 aliphatic rings. The molecule has 3 aromatic heterocycles. The molecule has 2 N–H and O–H groups in total. The molecule has 3 rings (SSSR count). The zero-order valence-corrected chi connectivity index (χ0v) is 10.2. The summed E-state index contributed by atoms with van der Waals surface area (Å²) < 4.78 is 0. The van der Waals surface area contributed by atoms with E-state index >= 15 is 0 Å². The first-order valence-corrected chi connectivity index (χ1v) is 6.01. The van der Waals surface area contributed by atoms with Gasteiger partial charge in [-0.3, -0.25) is 15.1 Å². The van der Waals surface area contributed by atoms with Crippen molar-refractivity contribution in [2.75, 3.05) is 5.32 Å². The summed E-state index contributed by atoms with van der Waals surface area (Å²) in [6, 6.07) is 9.74. The molecule has 0 spiro atoms. The normalized spacial score (nSPS) is 10.3. The topological polar surface area (TPSA) is 66.5 Å². The van der Waals surface area contributed by atoms with Gasteiger partial charge in [0, 0.05) is 25.1 Å². The van der Waals surface area contributed by atoms with Crippen LogP contribution in [0.3, 0.4) is 0 Å². The molecule has 3 aromatic rings. The van der Waals surface area contributed by atoms with Crippen molar-refractivity contribution in [1.29, 1.82) is 0 Å². The van der Waals surface area contributed by atoms with Crippen molar-refractivity contribution in [1.82, 2.24) is 20.2 Å². The number of hydrogen-bond donors (Lipinski definition) is 2. The molecule has 0 unspecified atom stereocenters. The number of hydrogen-bond acceptors (Lipinski definition) is 4. The molecule has 0 aliphatic carbocycles. The molecule has 0 fully saturated rings. The van der Waals surface area contributed by atoms with Gasteiger partial charge in [-0.15, -0.1) is 0 Å². The van der Waals surface area contributed by atoms with E-state index in [1.807, 2.05) is 36.5 Å². The summed E-state index contributed by atoms with van der Waals surface area (Å²) in [6.07, 6.45) is 7.13. The maximum Gasteiger partial charge on any atom is 0.107 e. The highest BCUT2D eigenvalue weighted by Gasteiger charge is 2.07. The Hall–Kier alpha value is -2.69. The highest BCUT2D eigenvalue weighted by molar-refractivity contribution is 5.70. The molecule has 0 radical (unpaired) electrons. The monoisotopic (exact) mass is 251 g/mol. The molecule has 94 valence electrons. The third-order valence-corrected chi connectivity index (χ3v) is 2.77. The van der Waals surface area contributed by atoms with Gasteiger partial charge in [-0.1, -0.05) is 12.1 Å². The van der Waals surface area contributed by atoms with Crippen LogP contribution in [0, 0.1) is 0 Å². The second kappa shape index (κ2) is 5.30. The van der Waals surface area contributed by atoms with E-state index in [2.05, 4.69) is 25.5 Å². The summed E-state index contributed by atoms with van der Waals surface area (Å²) in [5.41, 5.74) is 3.82. The second-order valence-corrected chi connectivity index (χ2v) is 4.09. The van der Waals surface area contributed by atoms with Gasteiger partial charge in [0.1, 0.15) is 5.69 Å². The smallest absolute Gasteiger partial charge is 0.107 e. The van der Waals surface area contributed by atoms with Gasteiger partial charge in [-0.2, -0.15) is 5.10 Å². The lowest BCUT2D eigenvalue weighted by Crippen LogP contribution is -2.00. The van der Waals surface area contributed by atoms with Crippen LogP contribution < -0.4 is 5.32 Å². The molecule has 0 bridgehead atoms. The highest BCUT2D eigenvalue weighted by atomic mass is 15.1. The lowest BCUT2D eigenvalue weighted by molar-refractivity contribution is 1.09. The summed E-state index contributed by atoms with van der Waals surface area (Å²) in [7, 11) is 0. The molecule has 0 saturated heterocycles. The van der Waals surface area contributed by atoms with Crippen LogP contribution in [0.4, 0.5) is 5.69 Å². The van der Waals surface area contributed by atoms with Crippen molar-refractivity contribution in [2.24, 2.45) is 0 Å². The van der Waals surface area contributed by atoms with Gasteiger partial charge in [0.15, 0.2) is 0 Å². The van der Waals surface area contributed by atoms with E-state index in [-0.39, 0.29) is 0 Å². The lowest BCUT2D eigenvalue weighted by Gasteiger charge is -2.06. The molecule has 5 heteroatoms. The van der Waals surface area contributed by atoms with Gasteiger partial charge in [0.2, 0.25) is 0 Å². The van der Waals surface area contributed by atoms with E-state index in [0.717, 1.165) is 22.6 Å². The summed E-state index contributed by atoms with van der Waals surface area (Å²) in [6.45, 7) is 0.702. The van der Waals surface area contributed by atoms with E-state index in [1.54, 1.807) is 18.6 Å². The van der Waals surface area contributed by atoms with Gasteiger partial charge in [0.05, 0.1) is 17.6 Å². The number of nitrogens with one attached hydrogen (secondary N) is 2. The Bertz CT molecular complexity index is 633. The first-order chi connectivity index (χ1) is 9.43. The Balaban J connectivity index is 1.78. The predicted octanol–water partition coefficient (Wildman–Crippen LogP) is 2.48. The molecular weight excluding hydrogens is 238 g/mol. The number of pyridine rings is 2. The van der Waals surface area contributed by atoms with Crippen LogP contribution in [-0.4, -0.2) is 20.2 Å². The van der Waals surface area contributed by atoms with E-state index in [9.17, 15) is 0 Å². The van der Waals surface area contributed by atoms with Crippen LogP contribution in [0.5, 0.6) is 0 Å². The molecule has 0 aliphatic heterocycles. The van der Waals surface area contributed by atoms with Gasteiger partial charge < -0.3 is 5.32 Å². The number of nitrogens with zero attached hydrogens (tertiary/aromatic N) is 3. The van der Waals surface area contributed by atoms with Crippen molar-refractivity contribution in [2.45, 2.75) is 6.54 Å². The Morgan fingerprint density at radius 1 is 1.05 bits per heavy atom. The molecular formula is C14H13N5. The number of aromatic amines is 1.